The van der Waals surface area contributed by atoms with Gasteiger partial charge in [-0.3, -0.25) is 9.69 Å². The van der Waals surface area contributed by atoms with Gasteiger partial charge in [0.05, 0.1) is 25.2 Å². The predicted octanol–water partition coefficient (Wildman–Crippen LogP) is 3.70. The van der Waals surface area contributed by atoms with Crippen LogP contribution < -0.4 is 10.1 Å². The van der Waals surface area contributed by atoms with E-state index in [-0.39, 0.29) is 29.8 Å². The summed E-state index contributed by atoms with van der Waals surface area (Å²) in [5.41, 5.74) is 0.669. The smallest absolute Gasteiger partial charge is 0.387 e. The summed E-state index contributed by atoms with van der Waals surface area (Å²) in [4.78, 5) is 25.4. The lowest BCUT2D eigenvalue weighted by atomic mass is 10.2. The number of esters is 1. The van der Waals surface area contributed by atoms with Crippen LogP contribution in [0, 0.1) is 6.92 Å². The van der Waals surface area contributed by atoms with E-state index in [1.54, 1.807) is 24.9 Å². The van der Waals surface area contributed by atoms with Crippen LogP contribution in [0.1, 0.15) is 21.9 Å². The van der Waals surface area contributed by atoms with Crippen LogP contribution in [0.3, 0.4) is 0 Å². The highest BCUT2D eigenvalue weighted by Gasteiger charge is 2.17. The number of halogens is 3. The maximum Gasteiger partial charge on any atom is 0.387 e. The number of benzene rings is 1. The Morgan fingerprint density at radius 3 is 2.64 bits per heavy atom. The molecule has 0 bridgehead atoms. The first-order valence-corrected chi connectivity index (χ1v) is 8.47. The van der Waals surface area contributed by atoms with Gasteiger partial charge in [-0.2, -0.15) is 8.78 Å². The highest BCUT2D eigenvalue weighted by molar-refractivity contribution is 6.32. The van der Waals surface area contributed by atoms with E-state index in [1.165, 1.54) is 25.3 Å². The second-order valence-electron chi connectivity index (χ2n) is 5.92. The Balaban J connectivity index is 1.92. The first-order valence-electron chi connectivity index (χ1n) is 8.10. The van der Waals surface area contributed by atoms with Gasteiger partial charge in [-0.25, -0.2) is 4.79 Å². The molecule has 152 valence electrons. The number of anilines is 1. The maximum atomic E-state index is 12.2. The number of amides is 1. The van der Waals surface area contributed by atoms with Gasteiger partial charge in [0.25, 0.3) is 0 Å². The van der Waals surface area contributed by atoms with Crippen LogP contribution in [0.4, 0.5) is 14.5 Å². The van der Waals surface area contributed by atoms with Crippen LogP contribution >= 0.6 is 11.6 Å². The Kier molecular flexibility index (Phi) is 7.36. The second kappa shape index (κ2) is 9.52. The molecule has 1 amide bonds. The average molecular weight is 417 g/mol. The molecule has 0 saturated heterocycles. The number of hydrogen-bond donors (Lipinski definition) is 1. The van der Waals surface area contributed by atoms with Crippen LogP contribution in [0.15, 0.2) is 28.7 Å². The summed E-state index contributed by atoms with van der Waals surface area (Å²) in [6, 6.07) is 5.53. The van der Waals surface area contributed by atoms with Crippen molar-refractivity contribution >= 4 is 29.2 Å². The summed E-state index contributed by atoms with van der Waals surface area (Å²) in [5.74, 6) is -0.0896. The van der Waals surface area contributed by atoms with Crippen molar-refractivity contribution in [1.82, 2.24) is 4.90 Å². The molecule has 0 unspecified atom stereocenters. The van der Waals surface area contributed by atoms with Gasteiger partial charge < -0.3 is 19.2 Å². The number of hydrogen-bond acceptors (Lipinski definition) is 6. The number of alkyl halides is 2. The molecule has 1 aromatic heterocycles. The predicted molar refractivity (Wildman–Crippen MR) is 97.8 cm³/mol. The van der Waals surface area contributed by atoms with Crippen molar-refractivity contribution in [1.29, 1.82) is 0 Å². The minimum atomic E-state index is -2.99. The summed E-state index contributed by atoms with van der Waals surface area (Å²) < 4.78 is 38.9. The minimum absolute atomic E-state index is 0.0141. The van der Waals surface area contributed by atoms with Crippen molar-refractivity contribution in [2.75, 3.05) is 26.0 Å². The molecule has 0 spiro atoms. The van der Waals surface area contributed by atoms with E-state index in [1.807, 2.05) is 0 Å². The molecule has 0 saturated carbocycles. The van der Waals surface area contributed by atoms with Gasteiger partial charge in [0.2, 0.25) is 5.91 Å². The maximum absolute atomic E-state index is 12.2. The van der Waals surface area contributed by atoms with Crippen LogP contribution in [0.5, 0.6) is 5.75 Å². The van der Waals surface area contributed by atoms with Crippen LogP contribution in [0.25, 0.3) is 0 Å². The molecular weight excluding hydrogens is 398 g/mol. The third-order valence-corrected chi connectivity index (χ3v) is 3.94. The normalized spacial score (nSPS) is 11.0. The Hall–Kier alpha value is -2.65. The quantitative estimate of drug-likeness (QED) is 0.661. The lowest BCUT2D eigenvalue weighted by molar-refractivity contribution is -0.117. The Labute approximate surface area is 165 Å². The molecule has 10 heteroatoms. The van der Waals surface area contributed by atoms with Crippen molar-refractivity contribution < 1.29 is 32.3 Å². The molecule has 2 rings (SSSR count). The number of ether oxygens (including phenoxy) is 2. The lowest BCUT2D eigenvalue weighted by Gasteiger charge is -2.15. The van der Waals surface area contributed by atoms with Gasteiger partial charge >= 0.3 is 12.6 Å². The van der Waals surface area contributed by atoms with Gasteiger partial charge in [-0.15, -0.1) is 0 Å². The highest BCUT2D eigenvalue weighted by Crippen LogP contribution is 2.29. The van der Waals surface area contributed by atoms with E-state index in [4.69, 9.17) is 16.0 Å². The van der Waals surface area contributed by atoms with Gasteiger partial charge in [0, 0.05) is 5.69 Å². The van der Waals surface area contributed by atoms with Gasteiger partial charge in [0.1, 0.15) is 22.8 Å². The Morgan fingerprint density at radius 1 is 1.32 bits per heavy atom. The molecule has 0 aliphatic rings. The molecule has 1 aromatic carbocycles. The molecule has 28 heavy (non-hydrogen) atoms. The van der Waals surface area contributed by atoms with Crippen molar-refractivity contribution in [3.8, 4) is 5.75 Å². The third kappa shape index (κ3) is 5.93. The van der Waals surface area contributed by atoms with E-state index in [0.717, 1.165) is 0 Å². The van der Waals surface area contributed by atoms with Crippen LogP contribution in [-0.2, 0) is 16.1 Å². The topological polar surface area (TPSA) is 81.0 Å². The van der Waals surface area contributed by atoms with Crippen molar-refractivity contribution in [3.63, 3.8) is 0 Å². The summed E-state index contributed by atoms with van der Waals surface area (Å²) in [5, 5.41) is 2.56. The lowest BCUT2D eigenvalue weighted by Crippen LogP contribution is -2.29. The number of carbonyl (C=O) groups excluding carboxylic acids is 2. The molecule has 0 atom stereocenters. The standard InChI is InChI=1S/C18H19ClF2N2O5/c1-10-13(17(25)26-3)7-12(27-10)8-23(2)9-16(24)22-11-4-5-15(14(19)6-11)28-18(20)21/h4-7,18H,8-9H2,1-3H3,(H,22,24). The SMILES string of the molecule is COC(=O)c1cc(CN(C)CC(=O)Nc2ccc(OC(F)F)c(Cl)c2)oc1C. The molecule has 2 aromatic rings. The number of methoxy groups -OCH3 is 1. The number of nitrogens with zero attached hydrogens (tertiary/aromatic N) is 1. The summed E-state index contributed by atoms with van der Waals surface area (Å²) in [7, 11) is 2.98. The van der Waals surface area contributed by atoms with Gasteiger partial charge in [-0.1, -0.05) is 11.6 Å². The van der Waals surface area contributed by atoms with Crippen LogP contribution in [0.2, 0.25) is 5.02 Å². The summed E-state index contributed by atoms with van der Waals surface area (Å²) >= 11 is 5.85. The Bertz CT molecular complexity index is 856. The fraction of sp³-hybridized carbons (Fsp3) is 0.333. The fourth-order valence-corrected chi connectivity index (χ4v) is 2.70. The first-order chi connectivity index (χ1) is 13.2. The highest BCUT2D eigenvalue weighted by atomic mass is 35.5. The van der Waals surface area contributed by atoms with E-state index < -0.39 is 12.6 Å². The molecule has 1 N–H and O–H groups in total. The number of aryl methyl sites for hydroxylation is 1. The zero-order chi connectivity index (χ0) is 20.8. The molecule has 0 fully saturated rings. The Morgan fingerprint density at radius 2 is 2.04 bits per heavy atom. The van der Waals surface area contributed by atoms with Gasteiger partial charge in [0.15, 0.2) is 0 Å². The number of rotatable bonds is 8. The van der Waals surface area contributed by atoms with E-state index >= 15 is 0 Å². The van der Waals surface area contributed by atoms with E-state index in [2.05, 4.69) is 14.8 Å². The molecule has 0 aliphatic heterocycles. The summed E-state index contributed by atoms with van der Waals surface area (Å²) in [6.45, 7) is -1.04. The van der Waals surface area contributed by atoms with Crippen molar-refractivity contribution in [3.05, 3.63) is 46.4 Å². The molecular formula is C18H19ClF2N2O5. The van der Waals surface area contributed by atoms with Gasteiger partial charge in [-0.05, 0) is 38.2 Å². The largest absolute Gasteiger partial charge is 0.465 e. The minimum Gasteiger partial charge on any atom is -0.465 e. The van der Waals surface area contributed by atoms with Crippen molar-refractivity contribution in [2.24, 2.45) is 0 Å². The first kappa shape index (κ1) is 21.6. The van der Waals surface area contributed by atoms with E-state index in [9.17, 15) is 18.4 Å². The van der Waals surface area contributed by atoms with Crippen molar-refractivity contribution in [2.45, 2.75) is 20.1 Å². The molecule has 0 radical (unpaired) electrons. The zero-order valence-corrected chi connectivity index (χ0v) is 16.2. The number of carbonyl (C=O) groups is 2. The average Bonchev–Trinajstić information content (AvgIpc) is 2.96. The van der Waals surface area contributed by atoms with E-state index in [0.29, 0.717) is 22.8 Å². The monoisotopic (exact) mass is 416 g/mol. The molecule has 7 nitrogen and oxygen atoms in total. The molecule has 1 heterocycles. The summed E-state index contributed by atoms with van der Waals surface area (Å²) in [6.07, 6.45) is 0. The third-order valence-electron chi connectivity index (χ3n) is 3.65. The second-order valence-corrected chi connectivity index (χ2v) is 6.33. The number of nitrogens with one attached hydrogen (secondary N) is 1. The van der Waals surface area contributed by atoms with Crippen LogP contribution in [-0.4, -0.2) is 44.1 Å². The number of likely N-dealkylation sites (N-methyl/N-ethyl adjacent to an activating group) is 1. The molecule has 0 aliphatic carbocycles. The number of furan rings is 1. The fourth-order valence-electron chi connectivity index (χ4n) is 2.47. The zero-order valence-electron chi connectivity index (χ0n) is 15.4.